The van der Waals surface area contributed by atoms with E-state index in [4.69, 9.17) is 6.42 Å². The Balaban J connectivity index is 2.01. The molecule has 0 saturated heterocycles. The first-order valence-electron chi connectivity index (χ1n) is 9.55. The first kappa shape index (κ1) is 24.1. The molecule has 0 unspecified atom stereocenters. The van der Waals surface area contributed by atoms with Gasteiger partial charge in [-0.3, -0.25) is 10.1 Å². The van der Waals surface area contributed by atoms with E-state index in [9.17, 15) is 23.6 Å². The fraction of sp³-hybridized carbons (Fsp3) is 0.273. The Kier molecular flexibility index (Phi) is 8.75. The molecule has 0 fully saturated rings. The van der Waals surface area contributed by atoms with Gasteiger partial charge in [0.25, 0.3) is 5.69 Å². The van der Waals surface area contributed by atoms with Crippen LogP contribution in [0, 0.1) is 28.4 Å². The summed E-state index contributed by atoms with van der Waals surface area (Å²) in [6, 6.07) is 14.2. The zero-order valence-electron chi connectivity index (χ0n) is 16.9. The van der Waals surface area contributed by atoms with Crippen LogP contribution in [0.5, 0.6) is 0 Å². The Morgan fingerprint density at radius 1 is 1.19 bits per heavy atom. The van der Waals surface area contributed by atoms with Crippen LogP contribution in [0.3, 0.4) is 0 Å². The van der Waals surface area contributed by atoms with Crippen LogP contribution in [0.2, 0.25) is 0 Å². The van der Waals surface area contributed by atoms with Crippen LogP contribution in [0.4, 0.5) is 5.69 Å². The summed E-state index contributed by atoms with van der Waals surface area (Å²) in [6.07, 6.45) is 5.17. The van der Waals surface area contributed by atoms with E-state index < -0.39 is 21.1 Å². The molecule has 0 aliphatic carbocycles. The lowest BCUT2D eigenvalue weighted by Crippen LogP contribution is -2.34. The number of nitro groups is 1. The Morgan fingerprint density at radius 2 is 1.84 bits per heavy atom. The third kappa shape index (κ3) is 7.53. The molecule has 0 bridgehead atoms. The monoisotopic (exact) mass is 443 g/mol. The smallest absolute Gasteiger partial charge is 0.269 e. The number of hydrogen-bond donors (Lipinski definition) is 3. The average Bonchev–Trinajstić information content (AvgIpc) is 2.76. The highest BCUT2D eigenvalue weighted by atomic mass is 32.2. The molecule has 0 radical (unpaired) electrons. The average molecular weight is 444 g/mol. The van der Waals surface area contributed by atoms with Crippen LogP contribution in [0.15, 0.2) is 71.8 Å². The van der Waals surface area contributed by atoms with Gasteiger partial charge in [-0.05, 0) is 30.5 Å². The Morgan fingerprint density at radius 3 is 2.42 bits per heavy atom. The highest BCUT2D eigenvalue weighted by molar-refractivity contribution is 7.89. The van der Waals surface area contributed by atoms with E-state index in [-0.39, 0.29) is 29.5 Å². The van der Waals surface area contributed by atoms with Crippen molar-refractivity contribution in [1.29, 1.82) is 0 Å². The number of nitrogens with zero attached hydrogens (tertiary/aromatic N) is 1. The number of nitrogens with one attached hydrogen (secondary N) is 2. The summed E-state index contributed by atoms with van der Waals surface area (Å²) < 4.78 is 27.2. The number of sulfonamides is 1. The molecule has 8 nitrogen and oxygen atoms in total. The SMILES string of the molecule is C#CCNC(=C)[C@H](Cc1ccccc1)C[C@H](O)CNS(=O)(=O)c1ccc([N+](=O)[O-])cc1. The second-order valence-corrected chi connectivity index (χ2v) is 8.73. The number of non-ortho nitro benzene ring substituents is 1. The van der Waals surface area contributed by atoms with Gasteiger partial charge < -0.3 is 10.4 Å². The van der Waals surface area contributed by atoms with Crippen molar-refractivity contribution in [2.24, 2.45) is 5.92 Å². The molecule has 0 aromatic heterocycles. The lowest BCUT2D eigenvalue weighted by Gasteiger charge is -2.23. The topological polar surface area (TPSA) is 122 Å². The zero-order valence-corrected chi connectivity index (χ0v) is 17.7. The van der Waals surface area contributed by atoms with Crippen LogP contribution in [0.1, 0.15) is 12.0 Å². The molecule has 2 atom stereocenters. The lowest BCUT2D eigenvalue weighted by atomic mass is 9.91. The maximum absolute atomic E-state index is 12.4. The summed E-state index contributed by atoms with van der Waals surface area (Å²) in [5.41, 5.74) is 1.51. The predicted molar refractivity (Wildman–Crippen MR) is 119 cm³/mol. The highest BCUT2D eigenvalue weighted by Gasteiger charge is 2.21. The molecule has 2 rings (SSSR count). The normalized spacial score (nSPS) is 13.0. The largest absolute Gasteiger partial charge is 0.392 e. The predicted octanol–water partition coefficient (Wildman–Crippen LogP) is 2.22. The van der Waals surface area contributed by atoms with Crippen LogP contribution < -0.4 is 10.0 Å². The first-order chi connectivity index (χ1) is 14.7. The summed E-state index contributed by atoms with van der Waals surface area (Å²) in [6.45, 7) is 4.09. The van der Waals surface area contributed by atoms with Gasteiger partial charge >= 0.3 is 0 Å². The van der Waals surface area contributed by atoms with Gasteiger partial charge in [0.15, 0.2) is 0 Å². The summed E-state index contributed by atoms with van der Waals surface area (Å²) in [4.78, 5) is 9.99. The zero-order chi connectivity index (χ0) is 22.9. The van der Waals surface area contributed by atoms with E-state index in [1.165, 1.54) is 0 Å². The number of terminal acetylenes is 1. The lowest BCUT2D eigenvalue weighted by molar-refractivity contribution is -0.384. The second kappa shape index (κ2) is 11.3. The van der Waals surface area contributed by atoms with Crippen LogP contribution in [-0.2, 0) is 16.4 Å². The second-order valence-electron chi connectivity index (χ2n) is 6.96. The van der Waals surface area contributed by atoms with Gasteiger partial charge in [-0.1, -0.05) is 42.8 Å². The van der Waals surface area contributed by atoms with Crippen molar-refractivity contribution < 1.29 is 18.4 Å². The van der Waals surface area contributed by atoms with Crippen LogP contribution >= 0.6 is 0 Å². The molecule has 0 amide bonds. The van der Waals surface area contributed by atoms with Crippen molar-refractivity contribution in [2.45, 2.75) is 23.8 Å². The molecule has 31 heavy (non-hydrogen) atoms. The van der Waals surface area contributed by atoms with Crippen LogP contribution in [-0.4, -0.2) is 37.6 Å². The number of rotatable bonds is 12. The number of hydrogen-bond acceptors (Lipinski definition) is 6. The van der Waals surface area contributed by atoms with E-state index in [1.807, 2.05) is 30.3 Å². The van der Waals surface area contributed by atoms with E-state index in [2.05, 4.69) is 22.5 Å². The van der Waals surface area contributed by atoms with E-state index in [1.54, 1.807) is 0 Å². The van der Waals surface area contributed by atoms with Gasteiger partial charge in [-0.15, -0.1) is 6.42 Å². The highest BCUT2D eigenvalue weighted by Crippen LogP contribution is 2.21. The van der Waals surface area contributed by atoms with Gasteiger partial charge in [0, 0.05) is 30.3 Å². The molecule has 2 aromatic carbocycles. The summed E-state index contributed by atoms with van der Waals surface area (Å²) in [5.74, 6) is 2.30. The minimum absolute atomic E-state index is 0.119. The summed E-state index contributed by atoms with van der Waals surface area (Å²) in [5, 5.41) is 24.2. The van der Waals surface area contributed by atoms with Gasteiger partial charge in [0.1, 0.15) is 0 Å². The van der Waals surface area contributed by atoms with Crippen molar-refractivity contribution in [1.82, 2.24) is 10.0 Å². The molecular formula is C22H25N3O5S. The molecule has 0 aliphatic heterocycles. The summed E-state index contributed by atoms with van der Waals surface area (Å²) >= 11 is 0. The number of nitro benzene ring substituents is 1. The maximum Gasteiger partial charge on any atom is 0.269 e. The minimum atomic E-state index is -3.92. The van der Waals surface area contributed by atoms with Gasteiger partial charge in [-0.25, -0.2) is 13.1 Å². The molecule has 164 valence electrons. The fourth-order valence-corrected chi connectivity index (χ4v) is 4.08. The van der Waals surface area contributed by atoms with Crippen molar-refractivity contribution in [3.8, 4) is 12.3 Å². The molecule has 0 heterocycles. The molecular weight excluding hydrogens is 418 g/mol. The number of allylic oxidation sites excluding steroid dienone is 1. The molecule has 0 spiro atoms. The third-order valence-corrected chi connectivity index (χ3v) is 6.10. The van der Waals surface area contributed by atoms with Crippen molar-refractivity contribution in [2.75, 3.05) is 13.1 Å². The molecule has 0 aliphatic rings. The number of aliphatic hydroxyl groups is 1. The third-order valence-electron chi connectivity index (χ3n) is 4.66. The van der Waals surface area contributed by atoms with Gasteiger partial charge in [0.05, 0.1) is 22.5 Å². The van der Waals surface area contributed by atoms with Crippen LogP contribution in [0.25, 0.3) is 0 Å². The van der Waals surface area contributed by atoms with Gasteiger partial charge in [-0.2, -0.15) is 0 Å². The fourth-order valence-electron chi connectivity index (χ4n) is 3.00. The first-order valence-corrected chi connectivity index (χ1v) is 11.0. The number of benzene rings is 2. The minimum Gasteiger partial charge on any atom is -0.392 e. The Labute approximate surface area is 182 Å². The molecule has 2 aromatic rings. The van der Waals surface area contributed by atoms with E-state index in [0.29, 0.717) is 18.7 Å². The standard InChI is InChI=1S/C22H25N3O5S/c1-3-13-23-17(2)19(14-18-7-5-4-6-8-18)15-21(26)16-24-31(29,30)22-11-9-20(10-12-22)25(27)28/h1,4-12,19,21,23-24,26H,2,13-16H2/t19-,21+/m1/s1. The van der Waals surface area contributed by atoms with Crippen molar-refractivity contribution >= 4 is 15.7 Å². The molecule has 0 saturated carbocycles. The Bertz CT molecular complexity index is 1030. The van der Waals surface area contributed by atoms with Gasteiger partial charge in [0.2, 0.25) is 10.0 Å². The molecule has 3 N–H and O–H groups in total. The van der Waals surface area contributed by atoms with E-state index in [0.717, 1.165) is 29.8 Å². The van der Waals surface area contributed by atoms with Crippen molar-refractivity contribution in [3.63, 3.8) is 0 Å². The molecule has 9 heteroatoms. The van der Waals surface area contributed by atoms with E-state index >= 15 is 0 Å². The quantitative estimate of drug-likeness (QED) is 0.263. The number of aliphatic hydroxyl groups excluding tert-OH is 1. The van der Waals surface area contributed by atoms with Crippen molar-refractivity contribution in [3.05, 3.63) is 82.6 Å². The summed E-state index contributed by atoms with van der Waals surface area (Å²) in [7, 11) is -3.92. The maximum atomic E-state index is 12.4. The Hall–Kier alpha value is -3.19.